The summed E-state index contributed by atoms with van der Waals surface area (Å²) in [4.78, 5) is 2.17. The molecule has 0 bridgehead atoms. The Bertz CT molecular complexity index is 411. The maximum Gasteiger partial charge on any atom is 0.122 e. The van der Waals surface area contributed by atoms with Gasteiger partial charge in [-0.3, -0.25) is 0 Å². The number of likely N-dealkylation sites (N-methyl/N-ethyl adjacent to an activating group) is 1. The molecular weight excluding hydrogens is 236 g/mol. The van der Waals surface area contributed by atoms with E-state index in [0.29, 0.717) is 0 Å². The number of methoxy groups -OCH3 is 1. The number of nitrogens with two attached hydrogens (primary N) is 1. The van der Waals surface area contributed by atoms with Crippen LogP contribution < -0.4 is 10.5 Å². The second kappa shape index (κ2) is 5.93. The summed E-state index contributed by atoms with van der Waals surface area (Å²) in [5.74, 6) is 0.943. The summed E-state index contributed by atoms with van der Waals surface area (Å²) in [7, 11) is 5.85. The summed E-state index contributed by atoms with van der Waals surface area (Å²) >= 11 is 0. The molecule has 0 amide bonds. The number of benzene rings is 1. The summed E-state index contributed by atoms with van der Waals surface area (Å²) in [5, 5.41) is 0. The minimum atomic E-state index is 0.0516. The second-order valence-electron chi connectivity index (χ2n) is 6.48. The molecule has 1 rings (SSSR count). The lowest BCUT2D eigenvalue weighted by molar-refractivity contribution is 0.265. The van der Waals surface area contributed by atoms with E-state index >= 15 is 0 Å². The first-order valence-electron chi connectivity index (χ1n) is 6.79. The van der Waals surface area contributed by atoms with E-state index < -0.39 is 0 Å². The molecule has 0 radical (unpaired) electrons. The smallest absolute Gasteiger partial charge is 0.122 e. The van der Waals surface area contributed by atoms with Crippen LogP contribution in [0.3, 0.4) is 0 Å². The van der Waals surface area contributed by atoms with Crippen LogP contribution in [0.1, 0.15) is 44.9 Å². The third kappa shape index (κ3) is 3.71. The maximum absolute atomic E-state index is 6.13. The van der Waals surface area contributed by atoms with Crippen molar-refractivity contribution in [2.45, 2.75) is 45.2 Å². The number of nitrogens with zero attached hydrogens (tertiary/aromatic N) is 1. The average Bonchev–Trinajstić information content (AvgIpc) is 2.26. The average molecular weight is 264 g/mol. The fourth-order valence-corrected chi connectivity index (χ4v) is 2.57. The van der Waals surface area contributed by atoms with Crippen LogP contribution in [0.15, 0.2) is 18.2 Å². The zero-order valence-corrected chi connectivity index (χ0v) is 13.3. The van der Waals surface area contributed by atoms with Gasteiger partial charge in [0.1, 0.15) is 5.75 Å². The van der Waals surface area contributed by atoms with Gasteiger partial charge in [-0.2, -0.15) is 0 Å². The Labute approximate surface area is 117 Å². The van der Waals surface area contributed by atoms with Gasteiger partial charge in [0.05, 0.1) is 7.11 Å². The van der Waals surface area contributed by atoms with Crippen LogP contribution in [0.4, 0.5) is 0 Å². The molecule has 2 atom stereocenters. The largest absolute Gasteiger partial charge is 0.496 e. The van der Waals surface area contributed by atoms with Crippen LogP contribution in [0.25, 0.3) is 0 Å². The van der Waals surface area contributed by atoms with E-state index in [2.05, 4.69) is 58.0 Å². The third-order valence-electron chi connectivity index (χ3n) is 3.43. The van der Waals surface area contributed by atoms with Crippen LogP contribution in [-0.2, 0) is 5.41 Å². The molecule has 0 aliphatic rings. The molecule has 0 aliphatic carbocycles. The summed E-state index contributed by atoms with van der Waals surface area (Å²) in [5.41, 5.74) is 8.64. The Balaban J connectivity index is 3.32. The predicted molar refractivity (Wildman–Crippen MR) is 81.8 cm³/mol. The highest BCUT2D eigenvalue weighted by Crippen LogP contribution is 2.34. The summed E-state index contributed by atoms with van der Waals surface area (Å²) in [6, 6.07) is 6.69. The Morgan fingerprint density at radius 2 is 1.79 bits per heavy atom. The number of hydrogen-bond donors (Lipinski definition) is 1. The third-order valence-corrected chi connectivity index (χ3v) is 3.43. The van der Waals surface area contributed by atoms with Gasteiger partial charge in [0.15, 0.2) is 0 Å². The van der Waals surface area contributed by atoms with Crippen molar-refractivity contribution in [1.82, 2.24) is 4.90 Å². The van der Waals surface area contributed by atoms with E-state index in [1.165, 1.54) is 11.1 Å². The van der Waals surface area contributed by atoms with E-state index in [-0.39, 0.29) is 17.5 Å². The lowest BCUT2D eigenvalue weighted by Gasteiger charge is -2.30. The van der Waals surface area contributed by atoms with Gasteiger partial charge >= 0.3 is 0 Å². The highest BCUT2D eigenvalue weighted by molar-refractivity contribution is 5.42. The molecule has 0 spiro atoms. The van der Waals surface area contributed by atoms with Gasteiger partial charge in [0.25, 0.3) is 0 Å². The van der Waals surface area contributed by atoms with Crippen molar-refractivity contribution in [2.24, 2.45) is 5.73 Å². The zero-order chi connectivity index (χ0) is 14.8. The lowest BCUT2D eigenvalue weighted by atomic mass is 9.84. The zero-order valence-electron chi connectivity index (χ0n) is 13.3. The van der Waals surface area contributed by atoms with Crippen LogP contribution in [0, 0.1) is 0 Å². The van der Waals surface area contributed by atoms with Gasteiger partial charge in [-0.15, -0.1) is 0 Å². The molecule has 1 aromatic rings. The Morgan fingerprint density at radius 3 is 2.16 bits per heavy atom. The minimum absolute atomic E-state index is 0.0516. The van der Waals surface area contributed by atoms with Gasteiger partial charge in [-0.05, 0) is 49.7 Å². The highest BCUT2D eigenvalue weighted by Gasteiger charge is 2.24. The predicted octanol–water partition coefficient (Wildman–Crippen LogP) is 2.94. The van der Waals surface area contributed by atoms with E-state index in [1.807, 2.05) is 6.92 Å². The monoisotopic (exact) mass is 264 g/mol. The van der Waals surface area contributed by atoms with Crippen LogP contribution in [0.2, 0.25) is 0 Å². The van der Waals surface area contributed by atoms with E-state index in [0.717, 1.165) is 5.75 Å². The second-order valence-corrected chi connectivity index (χ2v) is 6.48. The van der Waals surface area contributed by atoms with Gasteiger partial charge < -0.3 is 15.4 Å². The Hall–Kier alpha value is -1.06. The topological polar surface area (TPSA) is 38.5 Å². The van der Waals surface area contributed by atoms with Gasteiger partial charge in [0.2, 0.25) is 0 Å². The number of rotatable bonds is 4. The maximum atomic E-state index is 6.13. The molecule has 1 aromatic carbocycles. The van der Waals surface area contributed by atoms with Crippen molar-refractivity contribution in [2.75, 3.05) is 21.2 Å². The van der Waals surface area contributed by atoms with Crippen molar-refractivity contribution in [1.29, 1.82) is 0 Å². The number of hydrogen-bond acceptors (Lipinski definition) is 3. The standard InChI is InChI=1S/C16H28N2O/c1-11(17)15(18(5)6)12-8-9-14(19-7)13(10-12)16(2,3)4/h8-11,15H,17H2,1-7H3. The highest BCUT2D eigenvalue weighted by atomic mass is 16.5. The normalized spacial score (nSPS) is 15.4. The van der Waals surface area contributed by atoms with Crippen molar-refractivity contribution in [3.63, 3.8) is 0 Å². The van der Waals surface area contributed by atoms with Crippen LogP contribution in [0.5, 0.6) is 5.75 Å². The fourth-order valence-electron chi connectivity index (χ4n) is 2.57. The molecule has 2 N–H and O–H groups in total. The summed E-state index contributed by atoms with van der Waals surface area (Å²) in [6.07, 6.45) is 0. The summed E-state index contributed by atoms with van der Waals surface area (Å²) < 4.78 is 5.48. The lowest BCUT2D eigenvalue weighted by Crippen LogP contribution is -2.35. The van der Waals surface area contributed by atoms with E-state index in [9.17, 15) is 0 Å². The van der Waals surface area contributed by atoms with Crippen molar-refractivity contribution in [3.8, 4) is 5.75 Å². The molecule has 0 saturated heterocycles. The Morgan fingerprint density at radius 1 is 1.21 bits per heavy atom. The first-order chi connectivity index (χ1) is 8.68. The quantitative estimate of drug-likeness (QED) is 0.908. The molecule has 0 saturated carbocycles. The van der Waals surface area contributed by atoms with Crippen molar-refractivity contribution in [3.05, 3.63) is 29.3 Å². The van der Waals surface area contributed by atoms with Crippen LogP contribution >= 0.6 is 0 Å². The first kappa shape index (κ1) is 16.0. The number of ether oxygens (including phenoxy) is 1. The van der Waals surface area contributed by atoms with Crippen molar-refractivity contribution < 1.29 is 4.74 Å². The fraction of sp³-hybridized carbons (Fsp3) is 0.625. The van der Waals surface area contributed by atoms with Crippen LogP contribution in [-0.4, -0.2) is 32.1 Å². The first-order valence-corrected chi connectivity index (χ1v) is 6.79. The molecule has 2 unspecified atom stereocenters. The molecule has 108 valence electrons. The van der Waals surface area contributed by atoms with Gasteiger partial charge in [0, 0.05) is 12.1 Å². The molecule has 19 heavy (non-hydrogen) atoms. The molecule has 3 heteroatoms. The molecule has 0 aromatic heterocycles. The molecule has 0 fully saturated rings. The van der Waals surface area contributed by atoms with E-state index in [4.69, 9.17) is 10.5 Å². The minimum Gasteiger partial charge on any atom is -0.496 e. The van der Waals surface area contributed by atoms with Crippen molar-refractivity contribution >= 4 is 0 Å². The molecule has 0 aliphatic heterocycles. The molecule has 0 heterocycles. The summed E-state index contributed by atoms with van der Waals surface area (Å²) in [6.45, 7) is 8.65. The SMILES string of the molecule is COc1ccc(C(C(C)N)N(C)C)cc1C(C)(C)C. The molecular formula is C16H28N2O. The van der Waals surface area contributed by atoms with E-state index in [1.54, 1.807) is 7.11 Å². The van der Waals surface area contributed by atoms with Gasteiger partial charge in [-0.1, -0.05) is 26.8 Å². The van der Waals surface area contributed by atoms with Gasteiger partial charge in [-0.25, -0.2) is 0 Å². The molecule has 3 nitrogen and oxygen atoms in total. The Kier molecular flexibility index (Phi) is 4.99.